The molecule has 1 aromatic heterocycles. The van der Waals surface area contributed by atoms with Crippen LogP contribution in [0.25, 0.3) is 22.6 Å². The lowest BCUT2D eigenvalue weighted by Crippen LogP contribution is -2.29. The van der Waals surface area contributed by atoms with E-state index in [0.29, 0.717) is 17.1 Å². The van der Waals surface area contributed by atoms with Crippen molar-refractivity contribution in [2.45, 2.75) is 25.6 Å². The fraction of sp³-hybridized carbons (Fsp3) is 0.148. The molecule has 0 saturated heterocycles. The van der Waals surface area contributed by atoms with Crippen LogP contribution in [-0.4, -0.2) is 9.97 Å². The number of halogens is 6. The number of nitrogens with zero attached hydrogens (tertiary/aromatic N) is 1. The summed E-state index contributed by atoms with van der Waals surface area (Å²) in [4.78, 5) is 8.29. The second-order valence-electron chi connectivity index (χ2n) is 8.67. The predicted molar refractivity (Wildman–Crippen MR) is 141 cm³/mol. The van der Waals surface area contributed by atoms with Crippen molar-refractivity contribution < 1.29 is 17.9 Å². The Morgan fingerprint density at radius 1 is 1.00 bits per heavy atom. The number of alkyl halides is 3. The highest BCUT2D eigenvalue weighted by molar-refractivity contribution is 9.11. The average molecular weight is 637 g/mol. The smallest absolute Gasteiger partial charge is 0.416 e. The second kappa shape index (κ2) is 8.98. The Labute approximate surface area is 227 Å². The highest BCUT2D eigenvalue weighted by Gasteiger charge is 2.37. The van der Waals surface area contributed by atoms with E-state index in [1.807, 2.05) is 38.1 Å². The number of imidazole rings is 1. The Morgan fingerprint density at radius 2 is 1.72 bits per heavy atom. The van der Waals surface area contributed by atoms with Crippen LogP contribution in [0.3, 0.4) is 0 Å². The van der Waals surface area contributed by atoms with Crippen LogP contribution in [-0.2, 0) is 11.8 Å². The summed E-state index contributed by atoms with van der Waals surface area (Å²) in [5, 5.41) is 0.152. The summed E-state index contributed by atoms with van der Waals surface area (Å²) >= 11 is 13.3. The maximum absolute atomic E-state index is 13.1. The maximum atomic E-state index is 13.1. The average Bonchev–Trinajstić information content (AvgIpc) is 3.23. The predicted octanol–water partition coefficient (Wildman–Crippen LogP) is 8.97. The van der Waals surface area contributed by atoms with Gasteiger partial charge in [-0.2, -0.15) is 13.2 Å². The number of ether oxygens (including phenoxy) is 1. The van der Waals surface area contributed by atoms with Gasteiger partial charge in [0.1, 0.15) is 22.9 Å². The molecule has 5 rings (SSSR count). The van der Waals surface area contributed by atoms with Crippen molar-refractivity contribution in [2.24, 2.45) is 0 Å². The van der Waals surface area contributed by atoms with Gasteiger partial charge in [0.25, 0.3) is 0 Å². The highest BCUT2D eigenvalue weighted by Crippen LogP contribution is 2.46. The minimum Gasteiger partial charge on any atom is -0.481 e. The Bertz CT molecular complexity index is 1560. The quantitative estimate of drug-likeness (QED) is 0.212. The number of H-pyrrole nitrogens is 1. The normalized spacial score (nSPS) is 13.8. The minimum absolute atomic E-state index is 0.102. The minimum atomic E-state index is -4.47. The first kappa shape index (κ1) is 24.9. The molecule has 0 spiro atoms. The molecule has 0 bridgehead atoms. The third-order valence-corrected chi connectivity index (χ3v) is 7.38. The van der Waals surface area contributed by atoms with Gasteiger partial charge in [0, 0.05) is 31.2 Å². The van der Waals surface area contributed by atoms with Crippen molar-refractivity contribution in [3.8, 4) is 40.2 Å². The van der Waals surface area contributed by atoms with Crippen molar-refractivity contribution in [3.63, 3.8) is 0 Å². The molecule has 0 radical (unpaired) electrons. The molecule has 3 aromatic carbocycles. The van der Waals surface area contributed by atoms with E-state index in [-0.39, 0.29) is 10.6 Å². The number of hydrogen-bond donors (Lipinski definition) is 1. The van der Waals surface area contributed by atoms with E-state index >= 15 is 0 Å². The van der Waals surface area contributed by atoms with Crippen LogP contribution >= 0.6 is 43.5 Å². The molecule has 182 valence electrons. The standard InChI is InChI=1S/C27H16Br2ClF3N2O/c1-26(2)24-23(34-25(35-24)22-18(28)4-3-5-19(22)29)17-10-7-14(12-21(17)36-26)6-8-15-13-16(27(31,32)33)9-11-20(15)30/h3-5,7,9-13H,1-2H3,(H,34,35). The van der Waals surface area contributed by atoms with Crippen LogP contribution < -0.4 is 4.74 Å². The van der Waals surface area contributed by atoms with Gasteiger partial charge in [-0.15, -0.1) is 0 Å². The second-order valence-corrected chi connectivity index (χ2v) is 10.8. The molecule has 36 heavy (non-hydrogen) atoms. The molecule has 1 aliphatic rings. The molecular formula is C27H16Br2ClF3N2O. The maximum Gasteiger partial charge on any atom is 0.416 e. The monoisotopic (exact) mass is 634 g/mol. The Balaban J connectivity index is 1.55. The summed E-state index contributed by atoms with van der Waals surface area (Å²) in [5.41, 5.74) is 2.45. The first-order valence-electron chi connectivity index (χ1n) is 10.7. The highest BCUT2D eigenvalue weighted by atomic mass is 79.9. The van der Waals surface area contributed by atoms with E-state index in [9.17, 15) is 13.2 Å². The molecule has 0 fully saturated rings. The van der Waals surface area contributed by atoms with Crippen molar-refractivity contribution >= 4 is 43.5 Å². The van der Waals surface area contributed by atoms with E-state index in [0.717, 1.165) is 43.6 Å². The number of aromatic nitrogens is 2. The van der Waals surface area contributed by atoms with Crippen LogP contribution in [0, 0.1) is 11.8 Å². The molecule has 3 nitrogen and oxygen atoms in total. The fourth-order valence-corrected chi connectivity index (χ4v) is 5.54. The molecule has 0 aliphatic carbocycles. The van der Waals surface area contributed by atoms with E-state index in [4.69, 9.17) is 21.3 Å². The van der Waals surface area contributed by atoms with E-state index in [1.54, 1.807) is 12.1 Å². The molecule has 0 atom stereocenters. The summed E-state index contributed by atoms with van der Waals surface area (Å²) in [6.07, 6.45) is -4.47. The molecule has 2 heterocycles. The summed E-state index contributed by atoms with van der Waals surface area (Å²) in [5.74, 6) is 6.95. The molecule has 0 saturated carbocycles. The molecule has 1 N–H and O–H groups in total. The first-order valence-corrected chi connectivity index (χ1v) is 12.7. The number of fused-ring (bicyclic) bond motifs is 3. The number of hydrogen-bond acceptors (Lipinski definition) is 2. The van der Waals surface area contributed by atoms with Gasteiger partial charge >= 0.3 is 6.18 Å². The number of nitrogens with one attached hydrogen (secondary N) is 1. The molecular weight excluding hydrogens is 621 g/mol. The zero-order valence-electron chi connectivity index (χ0n) is 18.8. The van der Waals surface area contributed by atoms with Crippen LogP contribution in [0.5, 0.6) is 5.75 Å². The van der Waals surface area contributed by atoms with Gasteiger partial charge in [-0.1, -0.05) is 29.5 Å². The number of benzene rings is 3. The van der Waals surface area contributed by atoms with Crippen LogP contribution in [0.15, 0.2) is 63.5 Å². The summed E-state index contributed by atoms with van der Waals surface area (Å²) in [6.45, 7) is 3.85. The molecule has 0 unspecified atom stereocenters. The van der Waals surface area contributed by atoms with E-state index in [1.165, 1.54) is 6.07 Å². The van der Waals surface area contributed by atoms with Gasteiger partial charge in [-0.25, -0.2) is 4.98 Å². The van der Waals surface area contributed by atoms with E-state index in [2.05, 4.69) is 48.7 Å². The van der Waals surface area contributed by atoms with Gasteiger partial charge in [0.15, 0.2) is 0 Å². The first-order chi connectivity index (χ1) is 16.9. The third-order valence-electron chi connectivity index (χ3n) is 5.72. The molecule has 4 aromatic rings. The zero-order chi connectivity index (χ0) is 25.8. The van der Waals surface area contributed by atoms with Gasteiger partial charge < -0.3 is 9.72 Å². The number of rotatable bonds is 1. The molecule has 1 aliphatic heterocycles. The van der Waals surface area contributed by atoms with Crippen molar-refractivity contribution in [1.82, 2.24) is 9.97 Å². The van der Waals surface area contributed by atoms with E-state index < -0.39 is 17.3 Å². The largest absolute Gasteiger partial charge is 0.481 e. The number of aromatic amines is 1. The third kappa shape index (κ3) is 4.56. The molecule has 0 amide bonds. The lowest BCUT2D eigenvalue weighted by atomic mass is 9.94. The lowest BCUT2D eigenvalue weighted by molar-refractivity contribution is -0.137. The van der Waals surface area contributed by atoms with Crippen LogP contribution in [0.4, 0.5) is 13.2 Å². The van der Waals surface area contributed by atoms with Crippen molar-refractivity contribution in [2.75, 3.05) is 0 Å². The summed E-state index contributed by atoms with van der Waals surface area (Å²) < 4.78 is 47.3. The SMILES string of the molecule is CC1(C)Oc2cc(C#Cc3cc(C(F)(F)F)ccc3Cl)ccc2-c2[nH]c(-c3c(Br)cccc3Br)nc21. The zero-order valence-corrected chi connectivity index (χ0v) is 22.7. The summed E-state index contributed by atoms with van der Waals surface area (Å²) in [7, 11) is 0. The van der Waals surface area contributed by atoms with Crippen molar-refractivity contribution in [1.29, 1.82) is 0 Å². The van der Waals surface area contributed by atoms with Crippen LogP contribution in [0.1, 0.15) is 36.2 Å². The molecule has 9 heteroatoms. The Hall–Kier alpha value is -2.73. The summed E-state index contributed by atoms with van der Waals surface area (Å²) in [6, 6.07) is 14.3. The van der Waals surface area contributed by atoms with Crippen LogP contribution in [0.2, 0.25) is 5.02 Å². The van der Waals surface area contributed by atoms with Gasteiger partial charge in [-0.05, 0) is 94.2 Å². The topological polar surface area (TPSA) is 37.9 Å². The van der Waals surface area contributed by atoms with Gasteiger partial charge in [0.05, 0.1) is 16.3 Å². The van der Waals surface area contributed by atoms with Crippen molar-refractivity contribution in [3.05, 3.63) is 90.9 Å². The van der Waals surface area contributed by atoms with Gasteiger partial charge in [0.2, 0.25) is 0 Å². The lowest BCUT2D eigenvalue weighted by Gasteiger charge is -2.31. The Morgan fingerprint density at radius 3 is 2.42 bits per heavy atom. The van der Waals surface area contributed by atoms with Gasteiger partial charge in [-0.3, -0.25) is 0 Å². The Kier molecular flexibility index (Phi) is 6.22. The fourth-order valence-electron chi connectivity index (χ4n) is 4.00.